The number of carbonyl (C=O) groups is 4. The van der Waals surface area contributed by atoms with Gasteiger partial charge in [-0.05, 0) is 25.2 Å². The number of hydrogen-bond acceptors (Lipinski definition) is 5. The van der Waals surface area contributed by atoms with Gasteiger partial charge in [0.15, 0.2) is 0 Å². The lowest BCUT2D eigenvalue weighted by molar-refractivity contribution is -0.161. The molecule has 25 heavy (non-hydrogen) atoms. The van der Waals surface area contributed by atoms with E-state index in [1.54, 1.807) is 17.1 Å². The van der Waals surface area contributed by atoms with Crippen molar-refractivity contribution in [3.05, 3.63) is 0 Å². The number of carboxylic acids is 1. The highest BCUT2D eigenvalue weighted by Crippen LogP contribution is 2.19. The average molecular weight is 355 g/mol. The van der Waals surface area contributed by atoms with Gasteiger partial charge in [-0.2, -0.15) is 0 Å². The summed E-state index contributed by atoms with van der Waals surface area (Å²) in [7, 11) is 1.68. The van der Waals surface area contributed by atoms with Crippen LogP contribution in [-0.4, -0.2) is 64.9 Å². The Morgan fingerprint density at radius 3 is 2.60 bits per heavy atom. The van der Waals surface area contributed by atoms with E-state index in [2.05, 4.69) is 19.2 Å². The molecule has 0 aromatic heterocycles. The minimum atomic E-state index is -1.16. The zero-order chi connectivity index (χ0) is 19.0. The second kappa shape index (κ2) is 10.1. The lowest BCUT2D eigenvalue weighted by Crippen LogP contribution is -2.59. The van der Waals surface area contributed by atoms with E-state index in [-0.39, 0.29) is 5.91 Å². The maximum absolute atomic E-state index is 12.4. The number of nitrogens with zero attached hydrogens (tertiary/aromatic N) is 2. The van der Waals surface area contributed by atoms with Crippen LogP contribution in [0.1, 0.15) is 52.4 Å². The van der Waals surface area contributed by atoms with Crippen molar-refractivity contribution in [2.75, 3.05) is 13.6 Å². The fourth-order valence-electron chi connectivity index (χ4n) is 2.85. The number of nitrogens with one attached hydrogen (secondary N) is 1. The maximum Gasteiger partial charge on any atom is 0.305 e. The molecular weight excluding hydrogens is 326 g/mol. The van der Waals surface area contributed by atoms with Crippen LogP contribution < -0.4 is 5.32 Å². The topological polar surface area (TPSA) is 107 Å². The Balaban J connectivity index is 2.65. The molecule has 0 aromatic carbocycles. The highest BCUT2D eigenvalue weighted by molar-refractivity contribution is 5.86. The molecule has 2 N–H and O–H groups in total. The third-order valence-electron chi connectivity index (χ3n) is 4.70. The van der Waals surface area contributed by atoms with Crippen LogP contribution in [0.2, 0.25) is 0 Å². The molecule has 0 aliphatic carbocycles. The molecule has 8 nitrogen and oxygen atoms in total. The summed E-state index contributed by atoms with van der Waals surface area (Å²) in [6, 6.07) is -1.65. The fraction of sp³-hybridized carbons (Fsp3) is 0.765. The van der Waals surface area contributed by atoms with Gasteiger partial charge in [-0.3, -0.25) is 19.4 Å². The number of aldehydes is 1. The van der Waals surface area contributed by atoms with E-state index in [1.807, 2.05) is 0 Å². The van der Waals surface area contributed by atoms with E-state index >= 15 is 0 Å². The molecule has 1 fully saturated rings. The van der Waals surface area contributed by atoms with Crippen molar-refractivity contribution < 1.29 is 24.3 Å². The molecule has 1 rings (SSSR count). The highest BCUT2D eigenvalue weighted by Gasteiger charge is 2.34. The summed E-state index contributed by atoms with van der Waals surface area (Å²) in [6.45, 7) is 4.75. The molecule has 1 heterocycles. The number of rotatable bonds is 9. The summed E-state index contributed by atoms with van der Waals surface area (Å²) in [5.74, 6) is -1.13. The average Bonchev–Trinajstić information content (AvgIpc) is 2.58. The third-order valence-corrected chi connectivity index (χ3v) is 4.70. The van der Waals surface area contributed by atoms with Gasteiger partial charge >= 0.3 is 5.97 Å². The van der Waals surface area contributed by atoms with Crippen LogP contribution in [0.5, 0.6) is 0 Å². The molecule has 1 aliphatic heterocycles. The first kappa shape index (κ1) is 21.1. The van der Waals surface area contributed by atoms with Crippen molar-refractivity contribution >= 4 is 24.1 Å². The summed E-state index contributed by atoms with van der Waals surface area (Å²) >= 11 is 0. The van der Waals surface area contributed by atoms with E-state index in [1.165, 1.54) is 0 Å². The Morgan fingerprint density at radius 1 is 1.36 bits per heavy atom. The molecular formula is C17H29N3O5. The van der Waals surface area contributed by atoms with Gasteiger partial charge in [0.1, 0.15) is 12.3 Å². The lowest BCUT2D eigenvalue weighted by Gasteiger charge is -2.41. The summed E-state index contributed by atoms with van der Waals surface area (Å²) in [4.78, 5) is 46.5. The Hall–Kier alpha value is -1.96. The van der Waals surface area contributed by atoms with Crippen LogP contribution in [0.4, 0.5) is 0 Å². The highest BCUT2D eigenvalue weighted by atomic mass is 16.4. The van der Waals surface area contributed by atoms with Crippen LogP contribution >= 0.6 is 0 Å². The minimum absolute atomic E-state index is 0.0160. The molecule has 8 heteroatoms. The quantitative estimate of drug-likeness (QED) is 0.593. The van der Waals surface area contributed by atoms with Gasteiger partial charge < -0.3 is 15.2 Å². The maximum atomic E-state index is 12.4. The number of aliphatic carboxylic acids is 1. The van der Waals surface area contributed by atoms with Crippen molar-refractivity contribution in [1.29, 1.82) is 0 Å². The number of carbonyl (C=O) groups excluding carboxylic acids is 3. The number of carboxylic acid groups (broad SMARTS) is 1. The van der Waals surface area contributed by atoms with Crippen LogP contribution in [0.25, 0.3) is 0 Å². The largest absolute Gasteiger partial charge is 0.481 e. The lowest BCUT2D eigenvalue weighted by atomic mass is 10.0. The molecule has 0 bridgehead atoms. The Morgan fingerprint density at radius 2 is 2.04 bits per heavy atom. The van der Waals surface area contributed by atoms with Gasteiger partial charge in [0, 0.05) is 20.0 Å². The second-order valence-electron chi connectivity index (χ2n) is 6.65. The van der Waals surface area contributed by atoms with Crippen molar-refractivity contribution in [1.82, 2.24) is 15.3 Å². The summed E-state index contributed by atoms with van der Waals surface area (Å²) < 4.78 is 0. The van der Waals surface area contributed by atoms with E-state index in [9.17, 15) is 19.2 Å². The number of hydrogen-bond donors (Lipinski definition) is 2. The second-order valence-corrected chi connectivity index (χ2v) is 6.65. The zero-order valence-corrected chi connectivity index (χ0v) is 15.2. The van der Waals surface area contributed by atoms with Crippen LogP contribution in [0.15, 0.2) is 0 Å². The van der Waals surface area contributed by atoms with E-state index < -0.39 is 30.4 Å². The Bertz CT molecular complexity index is 497. The standard InChI is InChI=1S/C17H29N3O5/c1-4-12(2)7-8-15(22)20-9-5-6-14(19(20)3)17(25)18-13(11-21)10-16(23)24/h11-14H,4-10H2,1-3H3,(H,18,25)(H,23,24). The Labute approximate surface area is 148 Å². The third kappa shape index (κ3) is 6.45. The van der Waals surface area contributed by atoms with Gasteiger partial charge in [-0.1, -0.05) is 20.3 Å². The van der Waals surface area contributed by atoms with Gasteiger partial charge in [-0.15, -0.1) is 0 Å². The predicted octanol–water partition coefficient (Wildman–Crippen LogP) is 0.809. The van der Waals surface area contributed by atoms with E-state index in [0.29, 0.717) is 38.0 Å². The summed E-state index contributed by atoms with van der Waals surface area (Å²) in [6.07, 6.45) is 3.46. The molecule has 2 amide bonds. The first-order chi connectivity index (χ1) is 11.8. The van der Waals surface area contributed by atoms with Crippen molar-refractivity contribution in [3.8, 4) is 0 Å². The molecule has 3 unspecified atom stereocenters. The van der Waals surface area contributed by atoms with Gasteiger partial charge in [-0.25, -0.2) is 5.01 Å². The molecule has 1 saturated heterocycles. The molecule has 0 aromatic rings. The monoisotopic (exact) mass is 355 g/mol. The van der Waals surface area contributed by atoms with Gasteiger partial charge in [0.05, 0.1) is 12.5 Å². The van der Waals surface area contributed by atoms with Crippen LogP contribution in [0.3, 0.4) is 0 Å². The van der Waals surface area contributed by atoms with Crippen molar-refractivity contribution in [2.24, 2.45) is 5.92 Å². The fourth-order valence-corrected chi connectivity index (χ4v) is 2.85. The first-order valence-corrected chi connectivity index (χ1v) is 8.80. The molecule has 3 atom stereocenters. The number of hydrazine groups is 1. The normalized spacial score (nSPS) is 20.6. The predicted molar refractivity (Wildman–Crippen MR) is 91.4 cm³/mol. The SMILES string of the molecule is CCC(C)CCC(=O)N1CCCC(C(=O)NC(C=O)CC(=O)O)N1C. The van der Waals surface area contributed by atoms with Crippen LogP contribution in [0, 0.1) is 5.92 Å². The summed E-state index contributed by atoms with van der Waals surface area (Å²) in [5, 5.41) is 14.4. The molecule has 0 saturated carbocycles. The number of likely N-dealkylation sites (N-methyl/N-ethyl adjacent to an activating group) is 1. The minimum Gasteiger partial charge on any atom is -0.481 e. The molecule has 142 valence electrons. The van der Waals surface area contributed by atoms with Gasteiger partial charge in [0.25, 0.3) is 0 Å². The molecule has 1 aliphatic rings. The van der Waals surface area contributed by atoms with E-state index in [0.717, 1.165) is 12.8 Å². The smallest absolute Gasteiger partial charge is 0.305 e. The first-order valence-electron chi connectivity index (χ1n) is 8.80. The van der Waals surface area contributed by atoms with E-state index in [4.69, 9.17) is 5.11 Å². The summed E-state index contributed by atoms with van der Waals surface area (Å²) in [5.41, 5.74) is 0. The Kier molecular flexibility index (Phi) is 8.54. The molecule has 0 radical (unpaired) electrons. The van der Waals surface area contributed by atoms with Crippen molar-refractivity contribution in [3.63, 3.8) is 0 Å². The molecule has 0 spiro atoms. The van der Waals surface area contributed by atoms with Crippen LogP contribution in [-0.2, 0) is 19.2 Å². The van der Waals surface area contributed by atoms with Crippen molar-refractivity contribution in [2.45, 2.75) is 64.5 Å². The zero-order valence-electron chi connectivity index (χ0n) is 15.2. The number of amides is 2. The van der Waals surface area contributed by atoms with Gasteiger partial charge in [0.2, 0.25) is 11.8 Å².